The number of nitrogens with one attached hydrogen (secondary N) is 1. The van der Waals surface area contributed by atoms with E-state index in [1.54, 1.807) is 19.2 Å². The number of sulfonamides is 1. The van der Waals surface area contributed by atoms with E-state index in [9.17, 15) is 13.2 Å². The van der Waals surface area contributed by atoms with Crippen molar-refractivity contribution in [3.05, 3.63) is 59.7 Å². The first kappa shape index (κ1) is 21.8. The minimum atomic E-state index is -3.41. The average molecular weight is 405 g/mol. The second-order valence-corrected chi connectivity index (χ2v) is 8.74. The summed E-state index contributed by atoms with van der Waals surface area (Å²) in [6, 6.07) is 14.7. The molecule has 7 heteroatoms. The lowest BCUT2D eigenvalue weighted by Crippen LogP contribution is -2.32. The van der Waals surface area contributed by atoms with Gasteiger partial charge in [0.25, 0.3) is 0 Å². The van der Waals surface area contributed by atoms with Gasteiger partial charge < -0.3 is 10.1 Å². The third kappa shape index (κ3) is 6.27. The molecule has 1 amide bonds. The van der Waals surface area contributed by atoms with Gasteiger partial charge in [0.15, 0.2) is 0 Å². The van der Waals surface area contributed by atoms with Gasteiger partial charge in [-0.1, -0.05) is 29.8 Å². The summed E-state index contributed by atoms with van der Waals surface area (Å²) in [4.78, 5) is 12.3. The summed E-state index contributed by atoms with van der Waals surface area (Å²) in [5.74, 6) is 0.653. The van der Waals surface area contributed by atoms with Crippen LogP contribution in [0.4, 0.5) is 5.69 Å². The predicted octanol–water partition coefficient (Wildman–Crippen LogP) is 3.43. The van der Waals surface area contributed by atoms with Gasteiger partial charge in [-0.05, 0) is 50.1 Å². The lowest BCUT2D eigenvalue weighted by molar-refractivity contribution is -0.121. The molecular formula is C21H28N2O4S. The molecule has 1 N–H and O–H groups in total. The number of carbonyl (C=O) groups is 1. The van der Waals surface area contributed by atoms with Crippen LogP contribution in [0.5, 0.6) is 5.75 Å². The molecule has 0 aliphatic carbocycles. The maximum absolute atomic E-state index is 12.3. The Labute approximate surface area is 167 Å². The Morgan fingerprint density at radius 1 is 1.11 bits per heavy atom. The molecule has 0 aliphatic rings. The van der Waals surface area contributed by atoms with Crippen molar-refractivity contribution in [2.75, 3.05) is 24.2 Å². The van der Waals surface area contributed by atoms with E-state index in [0.717, 1.165) is 16.9 Å². The number of ether oxygens (including phenoxy) is 1. The Hall–Kier alpha value is -2.54. The Balaban J connectivity index is 1.90. The highest BCUT2D eigenvalue weighted by atomic mass is 32.2. The van der Waals surface area contributed by atoms with Crippen LogP contribution in [0, 0.1) is 6.92 Å². The maximum Gasteiger partial charge on any atom is 0.232 e. The van der Waals surface area contributed by atoms with Gasteiger partial charge >= 0.3 is 0 Å². The Morgan fingerprint density at radius 3 is 2.25 bits per heavy atom. The van der Waals surface area contributed by atoms with Gasteiger partial charge in [-0.25, -0.2) is 8.42 Å². The van der Waals surface area contributed by atoms with Gasteiger partial charge in [-0.2, -0.15) is 0 Å². The molecule has 0 heterocycles. The van der Waals surface area contributed by atoms with E-state index in [2.05, 4.69) is 5.32 Å². The van der Waals surface area contributed by atoms with Gasteiger partial charge in [-0.15, -0.1) is 0 Å². The molecule has 0 radical (unpaired) electrons. The van der Waals surface area contributed by atoms with Crippen molar-refractivity contribution < 1.29 is 17.9 Å². The van der Waals surface area contributed by atoms with Crippen molar-refractivity contribution in [1.82, 2.24) is 5.32 Å². The smallest absolute Gasteiger partial charge is 0.232 e. The van der Waals surface area contributed by atoms with E-state index in [-0.39, 0.29) is 24.9 Å². The molecule has 0 bridgehead atoms. The summed E-state index contributed by atoms with van der Waals surface area (Å²) in [5, 5.41) is 2.95. The predicted molar refractivity (Wildman–Crippen MR) is 112 cm³/mol. The number of anilines is 1. The number of methoxy groups -OCH3 is 1. The fraction of sp³-hybridized carbons (Fsp3) is 0.381. The molecule has 2 aromatic carbocycles. The zero-order valence-corrected chi connectivity index (χ0v) is 17.6. The summed E-state index contributed by atoms with van der Waals surface area (Å²) < 4.78 is 30.7. The van der Waals surface area contributed by atoms with Crippen molar-refractivity contribution in [2.45, 2.75) is 32.7 Å². The largest absolute Gasteiger partial charge is 0.497 e. The first-order valence-corrected chi connectivity index (χ1v) is 11.0. The number of hydrogen-bond donors (Lipinski definition) is 1. The van der Waals surface area contributed by atoms with Crippen molar-refractivity contribution in [3.63, 3.8) is 0 Å². The summed E-state index contributed by atoms with van der Waals surface area (Å²) >= 11 is 0. The van der Waals surface area contributed by atoms with Crippen LogP contribution < -0.4 is 14.4 Å². The highest BCUT2D eigenvalue weighted by Crippen LogP contribution is 2.20. The molecular weight excluding hydrogens is 376 g/mol. The Bertz CT molecular complexity index is 878. The van der Waals surface area contributed by atoms with E-state index >= 15 is 0 Å². The van der Waals surface area contributed by atoms with E-state index in [1.807, 2.05) is 50.2 Å². The van der Waals surface area contributed by atoms with Crippen molar-refractivity contribution in [1.29, 1.82) is 0 Å². The van der Waals surface area contributed by atoms with Gasteiger partial charge in [0.1, 0.15) is 5.75 Å². The Kier molecular flexibility index (Phi) is 7.45. The quantitative estimate of drug-likeness (QED) is 0.695. The van der Waals surface area contributed by atoms with Crippen molar-refractivity contribution in [2.24, 2.45) is 0 Å². The van der Waals surface area contributed by atoms with Crippen LogP contribution in [0.25, 0.3) is 0 Å². The molecule has 0 aromatic heterocycles. The molecule has 2 rings (SSSR count). The standard InChI is InChI=1S/C21H28N2O4S/c1-16-7-11-19(12-8-16)23(28(4,25)26)15-5-6-21(24)22-17(2)18-9-13-20(27-3)14-10-18/h7-14,17H,5-6,15H2,1-4H3,(H,22,24)/t17-/m0/s1. The van der Waals surface area contributed by atoms with E-state index in [4.69, 9.17) is 4.74 Å². The zero-order valence-electron chi connectivity index (χ0n) is 16.8. The topological polar surface area (TPSA) is 75.7 Å². The SMILES string of the molecule is COc1ccc([C@H](C)NC(=O)CCCN(c2ccc(C)cc2)S(C)(=O)=O)cc1. The third-order valence-corrected chi connectivity index (χ3v) is 5.67. The lowest BCUT2D eigenvalue weighted by Gasteiger charge is -2.22. The number of carbonyl (C=O) groups excluding carboxylic acids is 1. The van der Waals surface area contributed by atoms with Gasteiger partial charge in [0, 0.05) is 13.0 Å². The van der Waals surface area contributed by atoms with Crippen LogP contribution >= 0.6 is 0 Å². The van der Waals surface area contributed by atoms with E-state index in [0.29, 0.717) is 12.1 Å². The van der Waals surface area contributed by atoms with Crippen LogP contribution in [0.1, 0.15) is 36.9 Å². The first-order valence-electron chi connectivity index (χ1n) is 9.18. The van der Waals surface area contributed by atoms with Gasteiger partial charge in [0.2, 0.25) is 15.9 Å². The molecule has 0 saturated heterocycles. The summed E-state index contributed by atoms with van der Waals surface area (Å²) in [6.07, 6.45) is 1.86. The molecule has 0 saturated carbocycles. The molecule has 0 spiro atoms. The molecule has 152 valence electrons. The molecule has 0 unspecified atom stereocenters. The molecule has 1 atom stereocenters. The lowest BCUT2D eigenvalue weighted by atomic mass is 10.1. The summed E-state index contributed by atoms with van der Waals surface area (Å²) in [6.45, 7) is 4.12. The van der Waals surface area contributed by atoms with E-state index in [1.165, 1.54) is 10.6 Å². The zero-order chi connectivity index (χ0) is 20.7. The average Bonchev–Trinajstić information content (AvgIpc) is 2.65. The number of rotatable bonds is 9. The molecule has 0 fully saturated rings. The second kappa shape index (κ2) is 9.59. The second-order valence-electron chi connectivity index (χ2n) is 6.84. The van der Waals surface area contributed by atoms with Gasteiger partial charge in [-0.3, -0.25) is 9.10 Å². The van der Waals surface area contributed by atoms with Crippen LogP contribution in [0.3, 0.4) is 0 Å². The molecule has 2 aromatic rings. The van der Waals surface area contributed by atoms with Crippen LogP contribution in [-0.2, 0) is 14.8 Å². The number of amides is 1. The van der Waals surface area contributed by atoms with Crippen molar-refractivity contribution in [3.8, 4) is 5.75 Å². The van der Waals surface area contributed by atoms with Crippen LogP contribution in [-0.4, -0.2) is 34.2 Å². The summed E-state index contributed by atoms with van der Waals surface area (Å²) in [5.41, 5.74) is 2.65. The number of aryl methyl sites for hydroxylation is 1. The minimum Gasteiger partial charge on any atom is -0.497 e. The molecule has 0 aliphatic heterocycles. The normalized spacial score (nSPS) is 12.3. The fourth-order valence-corrected chi connectivity index (χ4v) is 3.84. The fourth-order valence-electron chi connectivity index (χ4n) is 2.87. The molecule has 28 heavy (non-hydrogen) atoms. The van der Waals surface area contributed by atoms with E-state index < -0.39 is 10.0 Å². The summed E-state index contributed by atoms with van der Waals surface area (Å²) in [7, 11) is -1.80. The number of benzene rings is 2. The highest BCUT2D eigenvalue weighted by molar-refractivity contribution is 7.92. The highest BCUT2D eigenvalue weighted by Gasteiger charge is 2.18. The molecule has 6 nitrogen and oxygen atoms in total. The Morgan fingerprint density at radius 2 is 1.71 bits per heavy atom. The third-order valence-electron chi connectivity index (χ3n) is 4.48. The number of nitrogens with zero attached hydrogens (tertiary/aromatic N) is 1. The van der Waals surface area contributed by atoms with Crippen LogP contribution in [0.2, 0.25) is 0 Å². The van der Waals surface area contributed by atoms with Crippen molar-refractivity contribution >= 4 is 21.6 Å². The van der Waals surface area contributed by atoms with Crippen LogP contribution in [0.15, 0.2) is 48.5 Å². The maximum atomic E-state index is 12.3. The number of hydrogen-bond acceptors (Lipinski definition) is 4. The first-order chi connectivity index (χ1) is 13.2. The minimum absolute atomic E-state index is 0.110. The van der Waals surface area contributed by atoms with Gasteiger partial charge in [0.05, 0.1) is 25.1 Å². The monoisotopic (exact) mass is 404 g/mol.